The van der Waals surface area contributed by atoms with E-state index in [1.165, 1.54) is 0 Å². The molecule has 0 bridgehead atoms. The monoisotopic (exact) mass is 211 g/mol. The van der Waals surface area contributed by atoms with Gasteiger partial charge in [-0.25, -0.2) is 4.98 Å². The second-order valence-corrected chi connectivity index (χ2v) is 5.99. The van der Waals surface area contributed by atoms with Crippen LogP contribution in [0.2, 0.25) is 0 Å². The quantitative estimate of drug-likeness (QED) is 0.833. The number of aryl methyl sites for hydroxylation is 1. The minimum absolute atomic E-state index is 0.202. The van der Waals surface area contributed by atoms with Gasteiger partial charge in [-0.1, -0.05) is 13.8 Å². The molecule has 2 nitrogen and oxygen atoms in total. The van der Waals surface area contributed by atoms with Crippen molar-refractivity contribution >= 4 is 11.3 Å². The first kappa shape index (κ1) is 10.1. The summed E-state index contributed by atoms with van der Waals surface area (Å²) in [6.07, 6.45) is 1.67. The number of aromatic nitrogens is 1. The molecule has 1 aromatic rings. The second kappa shape index (κ2) is 3.31. The fourth-order valence-corrected chi connectivity index (χ4v) is 2.65. The molecule has 1 saturated carbocycles. The van der Waals surface area contributed by atoms with Gasteiger partial charge in [0.05, 0.1) is 16.8 Å². The Morgan fingerprint density at radius 2 is 2.36 bits per heavy atom. The lowest BCUT2D eigenvalue weighted by atomic mass is 10.0. The van der Waals surface area contributed by atoms with Gasteiger partial charge in [-0.3, -0.25) is 0 Å². The van der Waals surface area contributed by atoms with Crippen LogP contribution in [0.15, 0.2) is 5.38 Å². The van der Waals surface area contributed by atoms with E-state index in [4.69, 9.17) is 0 Å². The number of hydrogen-bond donors (Lipinski definition) is 1. The molecule has 78 valence electrons. The van der Waals surface area contributed by atoms with E-state index >= 15 is 0 Å². The van der Waals surface area contributed by atoms with Crippen molar-refractivity contribution in [3.8, 4) is 0 Å². The SMILES string of the molecule is Cc1nc(CC(O)C2CC2(C)C)cs1. The Kier molecular flexibility index (Phi) is 2.40. The Labute approximate surface area is 89.0 Å². The normalized spacial score (nSPS) is 26.1. The lowest BCUT2D eigenvalue weighted by molar-refractivity contribution is 0.136. The summed E-state index contributed by atoms with van der Waals surface area (Å²) >= 11 is 1.66. The van der Waals surface area contributed by atoms with E-state index in [1.807, 2.05) is 12.3 Å². The van der Waals surface area contributed by atoms with Crippen LogP contribution >= 0.6 is 11.3 Å². The van der Waals surface area contributed by atoms with E-state index in [-0.39, 0.29) is 6.10 Å². The number of thiazole rings is 1. The Morgan fingerprint density at radius 3 is 2.79 bits per heavy atom. The topological polar surface area (TPSA) is 33.1 Å². The molecule has 2 atom stereocenters. The van der Waals surface area contributed by atoms with Crippen LogP contribution in [0.3, 0.4) is 0 Å². The minimum atomic E-state index is -0.202. The molecule has 0 aromatic carbocycles. The molecule has 1 aliphatic carbocycles. The standard InChI is InChI=1S/C11H17NOS/c1-7-12-8(6-14-7)4-10(13)9-5-11(9,2)3/h6,9-10,13H,4-5H2,1-3H3. The zero-order valence-electron chi connectivity index (χ0n) is 8.95. The summed E-state index contributed by atoms with van der Waals surface area (Å²) in [5.41, 5.74) is 1.40. The van der Waals surface area contributed by atoms with E-state index < -0.39 is 0 Å². The summed E-state index contributed by atoms with van der Waals surface area (Å²) in [4.78, 5) is 4.37. The van der Waals surface area contributed by atoms with Gasteiger partial charge < -0.3 is 5.11 Å². The van der Waals surface area contributed by atoms with E-state index in [2.05, 4.69) is 18.8 Å². The molecule has 2 unspecified atom stereocenters. The molecule has 1 N–H and O–H groups in total. The van der Waals surface area contributed by atoms with Gasteiger partial charge in [-0.15, -0.1) is 11.3 Å². The summed E-state index contributed by atoms with van der Waals surface area (Å²) in [6.45, 7) is 6.43. The maximum Gasteiger partial charge on any atom is 0.0897 e. The van der Waals surface area contributed by atoms with Crippen LogP contribution in [0.25, 0.3) is 0 Å². The zero-order chi connectivity index (χ0) is 10.3. The van der Waals surface area contributed by atoms with Gasteiger partial charge in [0, 0.05) is 11.8 Å². The molecule has 1 aromatic heterocycles. The van der Waals surface area contributed by atoms with Crippen LogP contribution < -0.4 is 0 Å². The van der Waals surface area contributed by atoms with E-state index in [0.717, 1.165) is 23.5 Å². The highest BCUT2D eigenvalue weighted by atomic mass is 32.1. The minimum Gasteiger partial charge on any atom is -0.392 e. The average molecular weight is 211 g/mol. The zero-order valence-corrected chi connectivity index (χ0v) is 9.77. The second-order valence-electron chi connectivity index (χ2n) is 4.93. The van der Waals surface area contributed by atoms with Gasteiger partial charge in [0.1, 0.15) is 0 Å². The van der Waals surface area contributed by atoms with Crippen molar-refractivity contribution in [3.05, 3.63) is 16.1 Å². The van der Waals surface area contributed by atoms with Crippen molar-refractivity contribution in [2.75, 3.05) is 0 Å². The first-order valence-electron chi connectivity index (χ1n) is 5.08. The summed E-state index contributed by atoms with van der Waals surface area (Å²) in [5.74, 6) is 0.476. The van der Waals surface area contributed by atoms with Crippen LogP contribution in [0.1, 0.15) is 31.0 Å². The summed E-state index contributed by atoms with van der Waals surface area (Å²) in [5, 5.41) is 13.1. The highest BCUT2D eigenvalue weighted by Crippen LogP contribution is 2.53. The Hall–Kier alpha value is -0.410. The molecule has 3 heteroatoms. The molecule has 0 radical (unpaired) electrons. The molecule has 0 aliphatic heterocycles. The summed E-state index contributed by atoms with van der Waals surface area (Å²) < 4.78 is 0. The fourth-order valence-electron chi connectivity index (χ4n) is 2.02. The van der Waals surface area contributed by atoms with E-state index in [1.54, 1.807) is 11.3 Å². The van der Waals surface area contributed by atoms with Crippen LogP contribution in [0.4, 0.5) is 0 Å². The number of hydrogen-bond acceptors (Lipinski definition) is 3. The Morgan fingerprint density at radius 1 is 1.71 bits per heavy atom. The van der Waals surface area contributed by atoms with Gasteiger partial charge in [-0.2, -0.15) is 0 Å². The summed E-state index contributed by atoms with van der Waals surface area (Å²) in [7, 11) is 0. The molecular weight excluding hydrogens is 194 g/mol. The molecule has 2 rings (SSSR count). The molecule has 14 heavy (non-hydrogen) atoms. The summed E-state index contributed by atoms with van der Waals surface area (Å²) in [6, 6.07) is 0. The van der Waals surface area contributed by atoms with Crippen molar-refractivity contribution < 1.29 is 5.11 Å². The highest BCUT2D eigenvalue weighted by molar-refractivity contribution is 7.09. The van der Waals surface area contributed by atoms with E-state index in [0.29, 0.717) is 11.3 Å². The lowest BCUT2D eigenvalue weighted by Gasteiger charge is -2.10. The van der Waals surface area contributed by atoms with Crippen molar-refractivity contribution in [1.29, 1.82) is 0 Å². The van der Waals surface area contributed by atoms with Gasteiger partial charge in [-0.05, 0) is 24.7 Å². The first-order valence-corrected chi connectivity index (χ1v) is 5.96. The van der Waals surface area contributed by atoms with Gasteiger partial charge in [0.25, 0.3) is 0 Å². The number of aliphatic hydroxyl groups excluding tert-OH is 1. The Balaban J connectivity index is 1.93. The van der Waals surface area contributed by atoms with Crippen LogP contribution in [-0.2, 0) is 6.42 Å². The third-order valence-corrected chi connectivity index (χ3v) is 3.96. The van der Waals surface area contributed by atoms with Gasteiger partial charge >= 0.3 is 0 Å². The van der Waals surface area contributed by atoms with Gasteiger partial charge in [0.15, 0.2) is 0 Å². The van der Waals surface area contributed by atoms with Crippen molar-refractivity contribution in [1.82, 2.24) is 4.98 Å². The average Bonchev–Trinajstić information content (AvgIpc) is 2.51. The van der Waals surface area contributed by atoms with Crippen LogP contribution in [0.5, 0.6) is 0 Å². The number of nitrogens with zero attached hydrogens (tertiary/aromatic N) is 1. The fraction of sp³-hybridized carbons (Fsp3) is 0.727. The third kappa shape index (κ3) is 1.98. The number of aliphatic hydroxyl groups is 1. The molecule has 0 spiro atoms. The number of rotatable bonds is 3. The maximum absolute atomic E-state index is 9.95. The van der Waals surface area contributed by atoms with Crippen molar-refractivity contribution in [2.45, 2.75) is 39.7 Å². The molecule has 1 fully saturated rings. The van der Waals surface area contributed by atoms with Gasteiger partial charge in [0.2, 0.25) is 0 Å². The molecule has 1 aliphatic rings. The third-order valence-electron chi connectivity index (χ3n) is 3.14. The first-order chi connectivity index (χ1) is 6.49. The largest absolute Gasteiger partial charge is 0.392 e. The molecule has 0 saturated heterocycles. The Bertz CT molecular complexity index is 332. The molecule has 0 amide bonds. The van der Waals surface area contributed by atoms with E-state index in [9.17, 15) is 5.11 Å². The predicted octanol–water partition coefficient (Wildman–Crippen LogP) is 2.40. The van der Waals surface area contributed by atoms with Crippen LogP contribution in [0, 0.1) is 18.3 Å². The van der Waals surface area contributed by atoms with Crippen LogP contribution in [-0.4, -0.2) is 16.2 Å². The smallest absolute Gasteiger partial charge is 0.0897 e. The molecule has 1 heterocycles. The maximum atomic E-state index is 9.95. The molecular formula is C11H17NOS. The predicted molar refractivity (Wildman–Crippen MR) is 58.4 cm³/mol. The van der Waals surface area contributed by atoms with Crippen molar-refractivity contribution in [2.24, 2.45) is 11.3 Å². The highest BCUT2D eigenvalue weighted by Gasteiger charge is 2.49. The van der Waals surface area contributed by atoms with Crippen molar-refractivity contribution in [3.63, 3.8) is 0 Å². The lowest BCUT2D eigenvalue weighted by Crippen LogP contribution is -2.16.